The number of hydrogen-bond donors (Lipinski definition) is 0. The Bertz CT molecular complexity index is 801. The zero-order valence-electron chi connectivity index (χ0n) is 13.8. The number of sulfonamides is 1. The number of hydrogen-bond acceptors (Lipinski definition) is 5. The van der Waals surface area contributed by atoms with Gasteiger partial charge in [-0.3, -0.25) is 0 Å². The first-order chi connectivity index (χ1) is 11.5. The van der Waals surface area contributed by atoms with Crippen LogP contribution in [0.15, 0.2) is 41.7 Å². The summed E-state index contributed by atoms with van der Waals surface area (Å²) in [6.45, 7) is 4.63. The number of ether oxygens (including phenoxy) is 1. The van der Waals surface area contributed by atoms with Crippen molar-refractivity contribution >= 4 is 10.0 Å². The minimum Gasteiger partial charge on any atom is -0.474 e. The zero-order valence-corrected chi connectivity index (χ0v) is 14.7. The van der Waals surface area contributed by atoms with E-state index >= 15 is 0 Å². The summed E-state index contributed by atoms with van der Waals surface area (Å²) in [4.78, 5) is 8.30. The predicted molar refractivity (Wildman–Crippen MR) is 90.4 cm³/mol. The third-order valence-electron chi connectivity index (χ3n) is 4.20. The molecule has 1 saturated heterocycles. The SMILES string of the molecule is Cc1ccc(C)c(S(=O)(=O)N2CCC(Oc3ccncn3)CC2)c1. The van der Waals surface area contributed by atoms with E-state index in [9.17, 15) is 8.42 Å². The number of piperidine rings is 1. The largest absolute Gasteiger partial charge is 0.474 e. The van der Waals surface area contributed by atoms with Crippen LogP contribution >= 0.6 is 0 Å². The van der Waals surface area contributed by atoms with Crippen molar-refractivity contribution in [2.24, 2.45) is 0 Å². The molecule has 24 heavy (non-hydrogen) atoms. The van der Waals surface area contributed by atoms with Crippen LogP contribution in [0.2, 0.25) is 0 Å². The molecule has 0 amide bonds. The standard InChI is InChI=1S/C17H21N3O3S/c1-13-3-4-14(2)16(11-13)24(21,22)20-9-6-15(7-10-20)23-17-5-8-18-12-19-17/h3-5,8,11-12,15H,6-7,9-10H2,1-2H3. The van der Waals surface area contributed by atoms with Gasteiger partial charge in [0.25, 0.3) is 0 Å². The first-order valence-corrected chi connectivity index (χ1v) is 9.41. The molecule has 1 fully saturated rings. The van der Waals surface area contributed by atoms with Crippen molar-refractivity contribution in [1.29, 1.82) is 0 Å². The fourth-order valence-electron chi connectivity index (χ4n) is 2.83. The zero-order chi connectivity index (χ0) is 17.2. The van der Waals surface area contributed by atoms with E-state index in [0.29, 0.717) is 36.7 Å². The minimum absolute atomic E-state index is 0.0232. The van der Waals surface area contributed by atoms with Gasteiger partial charge in [0.05, 0.1) is 4.90 Å². The summed E-state index contributed by atoms with van der Waals surface area (Å²) in [5.74, 6) is 0.529. The second-order valence-corrected chi connectivity index (χ2v) is 7.94. The highest BCUT2D eigenvalue weighted by Crippen LogP contribution is 2.25. The summed E-state index contributed by atoms with van der Waals surface area (Å²) in [5.41, 5.74) is 1.72. The van der Waals surface area contributed by atoms with Gasteiger partial charge in [0.15, 0.2) is 0 Å². The Morgan fingerprint density at radius 1 is 1.17 bits per heavy atom. The highest BCUT2D eigenvalue weighted by atomic mass is 32.2. The Kier molecular flexibility index (Phi) is 4.82. The van der Waals surface area contributed by atoms with Gasteiger partial charge in [-0.1, -0.05) is 12.1 Å². The van der Waals surface area contributed by atoms with E-state index in [1.807, 2.05) is 26.0 Å². The van der Waals surface area contributed by atoms with Crippen LogP contribution in [0.1, 0.15) is 24.0 Å². The molecule has 0 saturated carbocycles. The number of aryl methyl sites for hydroxylation is 2. The minimum atomic E-state index is -3.46. The van der Waals surface area contributed by atoms with Crippen molar-refractivity contribution in [3.63, 3.8) is 0 Å². The van der Waals surface area contributed by atoms with Crippen LogP contribution in [0.3, 0.4) is 0 Å². The molecule has 6 nitrogen and oxygen atoms in total. The fourth-order valence-corrected chi connectivity index (χ4v) is 4.61. The van der Waals surface area contributed by atoms with Crippen molar-refractivity contribution in [3.8, 4) is 5.88 Å². The van der Waals surface area contributed by atoms with Crippen molar-refractivity contribution in [1.82, 2.24) is 14.3 Å². The maximum Gasteiger partial charge on any atom is 0.243 e. The molecular weight excluding hydrogens is 326 g/mol. The average molecular weight is 347 g/mol. The van der Waals surface area contributed by atoms with Gasteiger partial charge in [0, 0.05) is 25.4 Å². The van der Waals surface area contributed by atoms with Gasteiger partial charge in [-0.15, -0.1) is 0 Å². The van der Waals surface area contributed by atoms with E-state index in [2.05, 4.69) is 9.97 Å². The lowest BCUT2D eigenvalue weighted by atomic mass is 10.1. The molecule has 1 aliphatic heterocycles. The molecule has 1 aromatic heterocycles. The van der Waals surface area contributed by atoms with E-state index < -0.39 is 10.0 Å². The molecule has 1 aliphatic rings. The molecule has 1 aromatic carbocycles. The quantitative estimate of drug-likeness (QED) is 0.849. The van der Waals surface area contributed by atoms with Gasteiger partial charge in [0.1, 0.15) is 12.4 Å². The molecule has 0 N–H and O–H groups in total. The molecule has 2 heterocycles. The molecule has 0 aliphatic carbocycles. The van der Waals surface area contributed by atoms with Crippen LogP contribution in [-0.4, -0.2) is 41.9 Å². The lowest BCUT2D eigenvalue weighted by Gasteiger charge is -2.31. The molecular formula is C17H21N3O3S. The highest BCUT2D eigenvalue weighted by Gasteiger charge is 2.31. The Balaban J connectivity index is 1.68. The van der Waals surface area contributed by atoms with Crippen molar-refractivity contribution in [2.75, 3.05) is 13.1 Å². The number of rotatable bonds is 4. The Morgan fingerprint density at radius 2 is 1.92 bits per heavy atom. The summed E-state index contributed by atoms with van der Waals surface area (Å²) in [6.07, 6.45) is 4.34. The first-order valence-electron chi connectivity index (χ1n) is 7.97. The molecule has 0 unspecified atom stereocenters. The fraction of sp³-hybridized carbons (Fsp3) is 0.412. The molecule has 0 spiro atoms. The average Bonchev–Trinajstić information content (AvgIpc) is 2.58. The Hall–Kier alpha value is -1.99. The van der Waals surface area contributed by atoms with Crippen molar-refractivity contribution in [3.05, 3.63) is 47.9 Å². The van der Waals surface area contributed by atoms with Gasteiger partial charge in [-0.05, 0) is 43.9 Å². The summed E-state index contributed by atoms with van der Waals surface area (Å²) >= 11 is 0. The van der Waals surface area contributed by atoms with Gasteiger partial charge in [-0.25, -0.2) is 18.4 Å². The van der Waals surface area contributed by atoms with E-state index in [0.717, 1.165) is 11.1 Å². The summed E-state index contributed by atoms with van der Waals surface area (Å²) in [7, 11) is -3.46. The lowest BCUT2D eigenvalue weighted by Crippen LogP contribution is -2.42. The third kappa shape index (κ3) is 3.57. The summed E-state index contributed by atoms with van der Waals surface area (Å²) in [5, 5.41) is 0. The third-order valence-corrected chi connectivity index (χ3v) is 6.25. The topological polar surface area (TPSA) is 72.4 Å². The lowest BCUT2D eigenvalue weighted by molar-refractivity contribution is 0.129. The Labute approximate surface area is 142 Å². The highest BCUT2D eigenvalue weighted by molar-refractivity contribution is 7.89. The molecule has 3 rings (SSSR count). The van der Waals surface area contributed by atoms with E-state index in [-0.39, 0.29) is 6.10 Å². The van der Waals surface area contributed by atoms with Crippen LogP contribution in [-0.2, 0) is 10.0 Å². The van der Waals surface area contributed by atoms with E-state index in [4.69, 9.17) is 4.74 Å². The van der Waals surface area contributed by atoms with E-state index in [1.54, 1.807) is 22.6 Å². The predicted octanol–water partition coefficient (Wildman–Crippen LogP) is 2.33. The van der Waals surface area contributed by atoms with Crippen molar-refractivity contribution < 1.29 is 13.2 Å². The number of nitrogens with zero attached hydrogens (tertiary/aromatic N) is 3. The van der Waals surface area contributed by atoms with E-state index in [1.165, 1.54) is 6.33 Å². The normalized spacial score (nSPS) is 16.9. The van der Waals surface area contributed by atoms with Crippen LogP contribution in [0, 0.1) is 13.8 Å². The summed E-state index contributed by atoms with van der Waals surface area (Å²) < 4.78 is 33.1. The maximum absolute atomic E-state index is 12.9. The first kappa shape index (κ1) is 16.9. The molecule has 7 heteroatoms. The van der Waals surface area contributed by atoms with Crippen LogP contribution in [0.4, 0.5) is 0 Å². The molecule has 128 valence electrons. The van der Waals surface area contributed by atoms with Crippen LogP contribution < -0.4 is 4.74 Å². The summed E-state index contributed by atoms with van der Waals surface area (Å²) in [6, 6.07) is 7.23. The van der Waals surface area contributed by atoms with Gasteiger partial charge >= 0.3 is 0 Å². The molecule has 0 radical (unpaired) electrons. The molecule has 0 bridgehead atoms. The Morgan fingerprint density at radius 3 is 2.58 bits per heavy atom. The van der Waals surface area contributed by atoms with Gasteiger partial charge in [0.2, 0.25) is 15.9 Å². The smallest absolute Gasteiger partial charge is 0.243 e. The molecule has 0 atom stereocenters. The van der Waals surface area contributed by atoms with Gasteiger partial charge in [-0.2, -0.15) is 4.31 Å². The molecule has 2 aromatic rings. The van der Waals surface area contributed by atoms with Crippen LogP contribution in [0.5, 0.6) is 5.88 Å². The van der Waals surface area contributed by atoms with Crippen molar-refractivity contribution in [2.45, 2.75) is 37.7 Å². The monoisotopic (exact) mass is 347 g/mol. The second-order valence-electron chi connectivity index (χ2n) is 6.04. The second kappa shape index (κ2) is 6.86. The number of aromatic nitrogens is 2. The van der Waals surface area contributed by atoms with Crippen LogP contribution in [0.25, 0.3) is 0 Å². The van der Waals surface area contributed by atoms with Gasteiger partial charge < -0.3 is 4.74 Å². The maximum atomic E-state index is 12.9. The number of benzene rings is 1.